The monoisotopic (exact) mass is 556 g/mol. The first-order chi connectivity index (χ1) is 11.4. The predicted octanol–water partition coefficient (Wildman–Crippen LogP) is 3.64. The number of hydrogen-bond donors (Lipinski definition) is 2. The van der Waals surface area contributed by atoms with Gasteiger partial charge in [-0.25, -0.2) is 0 Å². The SMILES string of the molecule is COc1cc(C=O)cc(I)c1O.COc1cc(C=O)cc(I)c1O. The summed E-state index contributed by atoms with van der Waals surface area (Å²) >= 11 is 3.87. The molecule has 2 rings (SSSR count). The molecule has 0 aliphatic heterocycles. The predicted molar refractivity (Wildman–Crippen MR) is 106 cm³/mol. The zero-order chi connectivity index (χ0) is 18.3. The van der Waals surface area contributed by atoms with Gasteiger partial charge in [0.15, 0.2) is 23.0 Å². The minimum absolute atomic E-state index is 0.0729. The molecule has 2 aromatic rings. The van der Waals surface area contributed by atoms with Crippen molar-refractivity contribution in [2.75, 3.05) is 14.2 Å². The number of methoxy groups -OCH3 is 2. The van der Waals surface area contributed by atoms with Gasteiger partial charge in [-0.3, -0.25) is 9.59 Å². The minimum Gasteiger partial charge on any atom is -0.504 e. The van der Waals surface area contributed by atoms with Crippen LogP contribution in [0, 0.1) is 7.14 Å². The molecule has 2 aromatic carbocycles. The molecule has 6 nitrogen and oxygen atoms in total. The Kier molecular flexibility index (Phi) is 8.25. The highest BCUT2D eigenvalue weighted by Gasteiger charge is 2.08. The summed E-state index contributed by atoms with van der Waals surface area (Å²) in [4.78, 5) is 20.8. The lowest BCUT2D eigenvalue weighted by Gasteiger charge is -2.05. The Morgan fingerprint density at radius 2 is 1.12 bits per heavy atom. The first-order valence-electron chi connectivity index (χ1n) is 6.41. The van der Waals surface area contributed by atoms with Crippen molar-refractivity contribution in [3.05, 3.63) is 42.5 Å². The molecule has 0 fully saturated rings. The summed E-state index contributed by atoms with van der Waals surface area (Å²) in [7, 11) is 2.89. The van der Waals surface area contributed by atoms with Crippen molar-refractivity contribution in [1.82, 2.24) is 0 Å². The molecule has 0 radical (unpaired) electrons. The van der Waals surface area contributed by atoms with Gasteiger partial charge in [0.25, 0.3) is 0 Å². The average molecular weight is 556 g/mol. The molecular weight excluding hydrogens is 542 g/mol. The van der Waals surface area contributed by atoms with Crippen LogP contribution in [0.4, 0.5) is 0 Å². The molecule has 0 aliphatic rings. The third kappa shape index (κ3) is 5.23. The summed E-state index contributed by atoms with van der Waals surface area (Å²) in [6.07, 6.45) is 1.42. The van der Waals surface area contributed by atoms with Gasteiger partial charge in [0.05, 0.1) is 21.4 Å². The van der Waals surface area contributed by atoms with E-state index in [1.807, 2.05) is 45.2 Å². The molecule has 128 valence electrons. The van der Waals surface area contributed by atoms with E-state index in [1.54, 1.807) is 12.1 Å². The standard InChI is InChI=1S/2C8H7IO3/c2*1-12-7-3-5(4-10)2-6(9)8(7)11/h2*2-4,11H,1H3. The summed E-state index contributed by atoms with van der Waals surface area (Å²) < 4.78 is 10.9. The maximum atomic E-state index is 10.4. The molecular formula is C16H14I2O6. The smallest absolute Gasteiger partial charge is 0.171 e. The van der Waals surface area contributed by atoms with Gasteiger partial charge in [-0.15, -0.1) is 0 Å². The molecule has 8 heteroatoms. The topological polar surface area (TPSA) is 93.1 Å². The van der Waals surface area contributed by atoms with Crippen LogP contribution in [0.25, 0.3) is 0 Å². The number of ether oxygens (including phenoxy) is 2. The van der Waals surface area contributed by atoms with Crippen LogP contribution in [-0.2, 0) is 0 Å². The second kappa shape index (κ2) is 9.67. The fourth-order valence-corrected chi connectivity index (χ4v) is 2.89. The Morgan fingerprint density at radius 3 is 1.38 bits per heavy atom. The summed E-state index contributed by atoms with van der Waals surface area (Å²) in [5.41, 5.74) is 0.989. The van der Waals surface area contributed by atoms with E-state index in [9.17, 15) is 19.8 Å². The molecule has 0 aliphatic carbocycles. The number of carbonyl (C=O) groups excluding carboxylic acids is 2. The fraction of sp³-hybridized carbons (Fsp3) is 0.125. The molecule has 0 unspecified atom stereocenters. The van der Waals surface area contributed by atoms with Crippen LogP contribution in [0.15, 0.2) is 24.3 Å². The lowest BCUT2D eigenvalue weighted by atomic mass is 10.2. The highest BCUT2D eigenvalue weighted by atomic mass is 127. The maximum absolute atomic E-state index is 10.4. The van der Waals surface area contributed by atoms with E-state index in [4.69, 9.17) is 9.47 Å². The molecule has 0 aromatic heterocycles. The number of hydrogen-bond acceptors (Lipinski definition) is 6. The van der Waals surface area contributed by atoms with Crippen molar-refractivity contribution < 1.29 is 29.3 Å². The van der Waals surface area contributed by atoms with Crippen molar-refractivity contribution in [3.63, 3.8) is 0 Å². The van der Waals surface area contributed by atoms with Gasteiger partial charge in [0.2, 0.25) is 0 Å². The molecule has 0 amide bonds. The number of halogens is 2. The van der Waals surface area contributed by atoms with Crippen LogP contribution in [-0.4, -0.2) is 37.0 Å². The quantitative estimate of drug-likeness (QED) is 0.442. The van der Waals surface area contributed by atoms with Gasteiger partial charge in [0, 0.05) is 11.1 Å². The van der Waals surface area contributed by atoms with Crippen LogP contribution in [0.2, 0.25) is 0 Å². The molecule has 2 N–H and O–H groups in total. The van der Waals surface area contributed by atoms with Gasteiger partial charge in [-0.2, -0.15) is 0 Å². The van der Waals surface area contributed by atoms with Crippen LogP contribution >= 0.6 is 45.2 Å². The number of benzene rings is 2. The number of carbonyl (C=O) groups is 2. The lowest BCUT2D eigenvalue weighted by Crippen LogP contribution is -1.89. The van der Waals surface area contributed by atoms with E-state index >= 15 is 0 Å². The van der Waals surface area contributed by atoms with Crippen molar-refractivity contribution in [2.24, 2.45) is 0 Å². The Labute approximate surface area is 166 Å². The van der Waals surface area contributed by atoms with Crippen LogP contribution in [0.5, 0.6) is 23.0 Å². The van der Waals surface area contributed by atoms with E-state index in [0.29, 0.717) is 42.3 Å². The van der Waals surface area contributed by atoms with Crippen LogP contribution in [0.1, 0.15) is 20.7 Å². The minimum atomic E-state index is 0.0729. The van der Waals surface area contributed by atoms with Gasteiger partial charge in [-0.1, -0.05) is 0 Å². The van der Waals surface area contributed by atoms with Gasteiger partial charge in [0.1, 0.15) is 12.6 Å². The van der Waals surface area contributed by atoms with Gasteiger partial charge in [-0.05, 0) is 69.4 Å². The lowest BCUT2D eigenvalue weighted by molar-refractivity contribution is 0.111. The largest absolute Gasteiger partial charge is 0.504 e. The third-order valence-corrected chi connectivity index (χ3v) is 4.46. The number of aldehydes is 2. The Bertz CT molecular complexity index is 682. The Hall–Kier alpha value is -1.56. The maximum Gasteiger partial charge on any atom is 0.171 e. The molecule has 0 saturated heterocycles. The molecule has 0 spiro atoms. The highest BCUT2D eigenvalue weighted by molar-refractivity contribution is 14.1. The third-order valence-electron chi connectivity index (χ3n) is 2.81. The average Bonchev–Trinajstić information content (AvgIpc) is 2.59. The van der Waals surface area contributed by atoms with Gasteiger partial charge >= 0.3 is 0 Å². The zero-order valence-corrected chi connectivity index (χ0v) is 17.1. The molecule has 0 atom stereocenters. The Balaban J connectivity index is 0.000000240. The van der Waals surface area contributed by atoms with Crippen LogP contribution < -0.4 is 9.47 Å². The van der Waals surface area contributed by atoms with E-state index < -0.39 is 0 Å². The highest BCUT2D eigenvalue weighted by Crippen LogP contribution is 2.32. The molecule has 0 bridgehead atoms. The van der Waals surface area contributed by atoms with E-state index in [1.165, 1.54) is 26.4 Å². The number of aromatic hydroxyl groups is 2. The van der Waals surface area contributed by atoms with Crippen molar-refractivity contribution in [2.45, 2.75) is 0 Å². The van der Waals surface area contributed by atoms with Crippen molar-refractivity contribution in [1.29, 1.82) is 0 Å². The Morgan fingerprint density at radius 1 is 0.792 bits per heavy atom. The summed E-state index contributed by atoms with van der Waals surface area (Å²) in [5, 5.41) is 18.7. The van der Waals surface area contributed by atoms with Crippen LogP contribution in [0.3, 0.4) is 0 Å². The second-order valence-corrected chi connectivity index (χ2v) is 6.67. The van der Waals surface area contributed by atoms with E-state index in [0.717, 1.165) is 0 Å². The normalized spacial score (nSPS) is 9.50. The molecule has 24 heavy (non-hydrogen) atoms. The first-order valence-corrected chi connectivity index (χ1v) is 8.57. The number of phenolic OH excluding ortho intramolecular Hbond substituents is 2. The molecule has 0 heterocycles. The second-order valence-electron chi connectivity index (χ2n) is 4.34. The fourth-order valence-electron chi connectivity index (χ4n) is 1.63. The zero-order valence-electron chi connectivity index (χ0n) is 12.7. The number of phenols is 2. The van der Waals surface area contributed by atoms with Crippen molar-refractivity contribution in [3.8, 4) is 23.0 Å². The number of rotatable bonds is 4. The summed E-state index contributed by atoms with van der Waals surface area (Å²) in [6.45, 7) is 0. The van der Waals surface area contributed by atoms with E-state index in [-0.39, 0.29) is 11.5 Å². The first kappa shape index (κ1) is 20.5. The summed E-state index contributed by atoms with van der Waals surface area (Å²) in [5.74, 6) is 0.792. The van der Waals surface area contributed by atoms with Gasteiger partial charge < -0.3 is 19.7 Å². The van der Waals surface area contributed by atoms with Crippen molar-refractivity contribution >= 4 is 57.8 Å². The van der Waals surface area contributed by atoms with E-state index in [2.05, 4.69) is 0 Å². The molecule has 0 saturated carbocycles. The summed E-state index contributed by atoms with van der Waals surface area (Å²) in [6, 6.07) is 6.16.